The lowest BCUT2D eigenvalue weighted by Gasteiger charge is -2.18. The number of fused-ring (bicyclic) bond motifs is 1. The van der Waals surface area contributed by atoms with Crippen LogP contribution in [0, 0.1) is 6.92 Å². The summed E-state index contributed by atoms with van der Waals surface area (Å²) < 4.78 is 0. The Morgan fingerprint density at radius 1 is 1.38 bits per heavy atom. The molecule has 0 bridgehead atoms. The summed E-state index contributed by atoms with van der Waals surface area (Å²) in [5.74, 6) is 0.734. The van der Waals surface area contributed by atoms with Crippen molar-refractivity contribution in [2.75, 3.05) is 18.9 Å². The summed E-state index contributed by atoms with van der Waals surface area (Å²) in [7, 11) is 1.85. The van der Waals surface area contributed by atoms with Gasteiger partial charge in [0.2, 0.25) is 5.95 Å². The number of aromatic nitrogens is 2. The Labute approximate surface area is 77.8 Å². The van der Waals surface area contributed by atoms with E-state index in [-0.39, 0.29) is 0 Å². The van der Waals surface area contributed by atoms with Gasteiger partial charge >= 0.3 is 0 Å². The highest BCUT2D eigenvalue weighted by Gasteiger charge is 2.14. The number of anilines is 1. The molecule has 4 heteroatoms. The van der Waals surface area contributed by atoms with E-state index in [0.29, 0.717) is 0 Å². The molecule has 2 rings (SSSR count). The van der Waals surface area contributed by atoms with Gasteiger partial charge in [0.05, 0.1) is 5.69 Å². The third-order valence-electron chi connectivity index (χ3n) is 2.36. The Balaban J connectivity index is 2.47. The molecule has 0 atom stereocenters. The van der Waals surface area contributed by atoms with Crippen LogP contribution in [0.25, 0.3) is 0 Å². The number of rotatable bonds is 1. The van der Waals surface area contributed by atoms with Crippen molar-refractivity contribution in [3.63, 3.8) is 0 Å². The van der Waals surface area contributed by atoms with Gasteiger partial charge < -0.3 is 10.6 Å². The van der Waals surface area contributed by atoms with Crippen LogP contribution in [0.3, 0.4) is 0 Å². The quantitative estimate of drug-likeness (QED) is 0.656. The molecule has 0 spiro atoms. The number of nitrogens with zero attached hydrogens (tertiary/aromatic N) is 2. The van der Waals surface area contributed by atoms with Crippen LogP contribution in [-0.2, 0) is 13.0 Å². The summed E-state index contributed by atoms with van der Waals surface area (Å²) in [6, 6.07) is 0. The molecule has 0 radical (unpaired) electrons. The highest BCUT2D eigenvalue weighted by atomic mass is 15.1. The molecule has 0 amide bonds. The van der Waals surface area contributed by atoms with Crippen LogP contribution in [0.2, 0.25) is 0 Å². The SMILES string of the molecule is CNc1nc(C)c2c(n1)CCNC2. The Hall–Kier alpha value is -1.16. The second kappa shape index (κ2) is 3.30. The van der Waals surface area contributed by atoms with Gasteiger partial charge in [-0.2, -0.15) is 0 Å². The van der Waals surface area contributed by atoms with Crippen LogP contribution in [0.15, 0.2) is 0 Å². The predicted octanol–water partition coefficient (Wildman–Crippen LogP) is 0.472. The first kappa shape index (κ1) is 8.44. The normalized spacial score (nSPS) is 15.2. The largest absolute Gasteiger partial charge is 0.357 e. The van der Waals surface area contributed by atoms with Gasteiger partial charge in [-0.05, 0) is 6.92 Å². The highest BCUT2D eigenvalue weighted by molar-refractivity contribution is 5.35. The summed E-state index contributed by atoms with van der Waals surface area (Å²) in [5.41, 5.74) is 3.54. The minimum atomic E-state index is 0.734. The monoisotopic (exact) mass is 178 g/mol. The zero-order valence-electron chi connectivity index (χ0n) is 8.02. The van der Waals surface area contributed by atoms with Gasteiger partial charge in [0, 0.05) is 37.8 Å². The standard InChI is InChI=1S/C9H14N4/c1-6-7-5-11-4-3-8(7)13-9(10-2)12-6/h11H,3-5H2,1-2H3,(H,10,12,13). The Morgan fingerprint density at radius 3 is 3.00 bits per heavy atom. The molecular formula is C9H14N4. The van der Waals surface area contributed by atoms with Crippen LogP contribution in [-0.4, -0.2) is 23.6 Å². The minimum absolute atomic E-state index is 0.734. The fraction of sp³-hybridized carbons (Fsp3) is 0.556. The molecule has 4 nitrogen and oxygen atoms in total. The molecule has 0 fully saturated rings. The topological polar surface area (TPSA) is 49.8 Å². The van der Waals surface area contributed by atoms with Gasteiger partial charge in [0.15, 0.2) is 0 Å². The van der Waals surface area contributed by atoms with Crippen molar-refractivity contribution in [3.05, 3.63) is 17.0 Å². The molecule has 1 aromatic rings. The molecule has 2 heterocycles. The Morgan fingerprint density at radius 2 is 2.23 bits per heavy atom. The molecule has 1 aliphatic rings. The lowest BCUT2D eigenvalue weighted by molar-refractivity contribution is 0.622. The van der Waals surface area contributed by atoms with Crippen molar-refractivity contribution in [2.45, 2.75) is 19.9 Å². The van der Waals surface area contributed by atoms with E-state index in [1.54, 1.807) is 0 Å². The average molecular weight is 178 g/mol. The van der Waals surface area contributed by atoms with Gasteiger partial charge in [0.25, 0.3) is 0 Å². The first-order valence-corrected chi connectivity index (χ1v) is 4.56. The van der Waals surface area contributed by atoms with Crippen LogP contribution in [0.4, 0.5) is 5.95 Å². The fourth-order valence-corrected chi connectivity index (χ4v) is 1.62. The minimum Gasteiger partial charge on any atom is -0.357 e. The lowest BCUT2D eigenvalue weighted by atomic mass is 10.1. The molecule has 2 N–H and O–H groups in total. The van der Waals surface area contributed by atoms with Crippen molar-refractivity contribution in [1.82, 2.24) is 15.3 Å². The molecule has 0 saturated heterocycles. The predicted molar refractivity (Wildman–Crippen MR) is 51.7 cm³/mol. The smallest absolute Gasteiger partial charge is 0.222 e. The van der Waals surface area contributed by atoms with E-state index in [0.717, 1.165) is 31.2 Å². The fourth-order valence-electron chi connectivity index (χ4n) is 1.62. The van der Waals surface area contributed by atoms with E-state index in [2.05, 4.69) is 20.6 Å². The molecule has 1 aromatic heterocycles. The zero-order chi connectivity index (χ0) is 9.26. The highest BCUT2D eigenvalue weighted by Crippen LogP contribution is 2.16. The molecule has 13 heavy (non-hydrogen) atoms. The molecular weight excluding hydrogens is 164 g/mol. The summed E-state index contributed by atoms with van der Waals surface area (Å²) in [6.45, 7) is 3.96. The molecule has 0 aromatic carbocycles. The van der Waals surface area contributed by atoms with Gasteiger partial charge in [-0.15, -0.1) is 0 Å². The number of hydrogen-bond acceptors (Lipinski definition) is 4. The maximum atomic E-state index is 4.43. The first-order chi connectivity index (χ1) is 6.31. The van der Waals surface area contributed by atoms with Gasteiger partial charge in [-0.3, -0.25) is 0 Å². The second-order valence-electron chi connectivity index (χ2n) is 3.23. The van der Waals surface area contributed by atoms with E-state index in [4.69, 9.17) is 0 Å². The van der Waals surface area contributed by atoms with Crippen molar-refractivity contribution in [1.29, 1.82) is 0 Å². The summed E-state index contributed by atoms with van der Waals surface area (Å²) in [6.07, 6.45) is 1.01. The van der Waals surface area contributed by atoms with E-state index in [1.165, 1.54) is 11.3 Å². The van der Waals surface area contributed by atoms with Gasteiger partial charge in [0.1, 0.15) is 0 Å². The molecule has 0 saturated carbocycles. The molecule has 70 valence electrons. The van der Waals surface area contributed by atoms with Gasteiger partial charge in [-0.1, -0.05) is 0 Å². The zero-order valence-corrected chi connectivity index (χ0v) is 8.02. The summed E-state index contributed by atoms with van der Waals surface area (Å²) in [4.78, 5) is 8.77. The molecule has 0 aliphatic carbocycles. The number of aryl methyl sites for hydroxylation is 1. The van der Waals surface area contributed by atoms with Crippen LogP contribution in [0.5, 0.6) is 0 Å². The maximum absolute atomic E-state index is 4.43. The number of hydrogen-bond donors (Lipinski definition) is 2. The summed E-state index contributed by atoms with van der Waals surface area (Å²) in [5, 5.41) is 6.29. The lowest BCUT2D eigenvalue weighted by Crippen LogP contribution is -2.26. The van der Waals surface area contributed by atoms with Gasteiger partial charge in [-0.25, -0.2) is 9.97 Å². The molecule has 0 unspecified atom stereocenters. The van der Waals surface area contributed by atoms with E-state index in [1.807, 2.05) is 14.0 Å². The Bertz CT molecular complexity index is 322. The Kier molecular flexibility index (Phi) is 2.14. The second-order valence-corrected chi connectivity index (χ2v) is 3.23. The van der Waals surface area contributed by atoms with Crippen molar-refractivity contribution < 1.29 is 0 Å². The average Bonchev–Trinajstić information content (AvgIpc) is 2.18. The third kappa shape index (κ3) is 1.49. The van der Waals surface area contributed by atoms with Crippen LogP contribution >= 0.6 is 0 Å². The van der Waals surface area contributed by atoms with E-state index in [9.17, 15) is 0 Å². The summed E-state index contributed by atoms with van der Waals surface area (Å²) >= 11 is 0. The van der Waals surface area contributed by atoms with Crippen molar-refractivity contribution in [3.8, 4) is 0 Å². The first-order valence-electron chi connectivity index (χ1n) is 4.56. The van der Waals surface area contributed by atoms with Crippen molar-refractivity contribution in [2.24, 2.45) is 0 Å². The van der Waals surface area contributed by atoms with Crippen LogP contribution < -0.4 is 10.6 Å². The van der Waals surface area contributed by atoms with Crippen molar-refractivity contribution >= 4 is 5.95 Å². The van der Waals surface area contributed by atoms with E-state index < -0.39 is 0 Å². The maximum Gasteiger partial charge on any atom is 0.222 e. The third-order valence-corrected chi connectivity index (χ3v) is 2.36. The van der Waals surface area contributed by atoms with E-state index >= 15 is 0 Å². The number of nitrogens with one attached hydrogen (secondary N) is 2. The van der Waals surface area contributed by atoms with Crippen LogP contribution in [0.1, 0.15) is 17.0 Å². The molecule has 1 aliphatic heterocycles.